The van der Waals surface area contributed by atoms with E-state index in [0.717, 1.165) is 28.1 Å². The molecule has 2 rings (SSSR count). The van der Waals surface area contributed by atoms with Gasteiger partial charge in [0.1, 0.15) is 5.01 Å². The molecule has 0 bridgehead atoms. The number of nitrogens with two attached hydrogens (primary N) is 1. The van der Waals surface area contributed by atoms with Gasteiger partial charge in [0.2, 0.25) is 0 Å². The number of likely N-dealkylation sites (N-methyl/N-ethyl adjacent to an activating group) is 1. The number of carbonyl (C=O) groups is 3. The molecule has 0 saturated heterocycles. The van der Waals surface area contributed by atoms with Crippen LogP contribution in [0.5, 0.6) is 0 Å². The second-order valence-corrected chi connectivity index (χ2v) is 7.20. The molecule has 0 radical (unpaired) electrons. The normalized spacial score (nSPS) is 10.6. The number of hydrogen-bond acceptors (Lipinski definition) is 6. The number of thiazole rings is 1. The molecule has 0 saturated carbocycles. The number of primary amides is 1. The van der Waals surface area contributed by atoms with Crippen molar-refractivity contribution in [1.29, 1.82) is 0 Å². The summed E-state index contributed by atoms with van der Waals surface area (Å²) in [7, 11) is 1.66. The Hall–Kier alpha value is -2.68. The number of esters is 1. The highest BCUT2D eigenvalue weighted by molar-refractivity contribution is 7.18. The Bertz CT molecular complexity index is 760. The van der Waals surface area contributed by atoms with Gasteiger partial charge in [0.05, 0.1) is 16.8 Å². The highest BCUT2D eigenvalue weighted by Crippen LogP contribution is 2.22. The third-order valence-corrected chi connectivity index (χ3v) is 4.87. The van der Waals surface area contributed by atoms with Crippen LogP contribution in [0, 0.1) is 0 Å². The molecule has 3 N–H and O–H groups in total. The van der Waals surface area contributed by atoms with Crippen LogP contribution in [0.2, 0.25) is 0 Å². The fourth-order valence-electron chi connectivity index (χ4n) is 2.39. The smallest absolute Gasteiger partial charge is 0.312 e. The van der Waals surface area contributed by atoms with Gasteiger partial charge >= 0.3 is 12.0 Å². The predicted molar refractivity (Wildman–Crippen MR) is 103 cm³/mol. The van der Waals surface area contributed by atoms with Gasteiger partial charge in [0.25, 0.3) is 5.91 Å². The molecule has 1 aromatic carbocycles. The molecule has 0 aliphatic carbocycles. The highest BCUT2D eigenvalue weighted by Gasteiger charge is 2.14. The number of carbonyl (C=O) groups excluding carboxylic acids is 3. The Morgan fingerprint density at radius 1 is 1.22 bits per heavy atom. The minimum absolute atomic E-state index is 0.242. The van der Waals surface area contributed by atoms with E-state index in [0.29, 0.717) is 19.5 Å². The molecule has 27 heavy (non-hydrogen) atoms. The molecular weight excluding hydrogens is 368 g/mol. The van der Waals surface area contributed by atoms with Crippen LogP contribution in [0.4, 0.5) is 4.79 Å². The zero-order valence-corrected chi connectivity index (χ0v) is 16.1. The van der Waals surface area contributed by atoms with Gasteiger partial charge in [-0.3, -0.25) is 9.59 Å². The summed E-state index contributed by atoms with van der Waals surface area (Å²) in [6.07, 6.45) is 2.38. The number of benzene rings is 1. The highest BCUT2D eigenvalue weighted by atomic mass is 32.1. The Morgan fingerprint density at radius 3 is 2.74 bits per heavy atom. The number of para-hydroxylation sites is 1. The van der Waals surface area contributed by atoms with E-state index in [9.17, 15) is 14.4 Å². The van der Waals surface area contributed by atoms with E-state index in [1.807, 2.05) is 24.3 Å². The number of aromatic nitrogens is 1. The van der Waals surface area contributed by atoms with Crippen molar-refractivity contribution in [2.75, 3.05) is 20.2 Å². The molecule has 3 amide bonds. The summed E-state index contributed by atoms with van der Waals surface area (Å²) in [5.74, 6) is -0.673. The molecule has 0 aliphatic rings. The van der Waals surface area contributed by atoms with E-state index in [4.69, 9.17) is 10.5 Å². The van der Waals surface area contributed by atoms with Crippen LogP contribution in [-0.4, -0.2) is 48.0 Å². The van der Waals surface area contributed by atoms with Crippen molar-refractivity contribution in [2.24, 2.45) is 5.73 Å². The van der Waals surface area contributed by atoms with Gasteiger partial charge in [0, 0.05) is 20.0 Å². The molecule has 1 aromatic heterocycles. The molecule has 0 atom stereocenters. The number of unbranched alkanes of at least 4 members (excludes halogenated alkanes) is 2. The zero-order chi connectivity index (χ0) is 19.6. The van der Waals surface area contributed by atoms with Crippen LogP contribution < -0.4 is 11.1 Å². The molecule has 0 spiro atoms. The largest absolute Gasteiger partial charge is 0.456 e. The van der Waals surface area contributed by atoms with Gasteiger partial charge < -0.3 is 20.7 Å². The van der Waals surface area contributed by atoms with Crippen molar-refractivity contribution in [3.05, 3.63) is 29.3 Å². The minimum Gasteiger partial charge on any atom is -0.456 e. The second kappa shape index (κ2) is 10.5. The number of ether oxygens (including phenoxy) is 1. The van der Waals surface area contributed by atoms with Gasteiger partial charge in [-0.05, 0) is 25.0 Å². The summed E-state index contributed by atoms with van der Waals surface area (Å²) >= 11 is 1.54. The number of nitrogens with zero attached hydrogens (tertiary/aromatic N) is 2. The van der Waals surface area contributed by atoms with E-state index < -0.39 is 12.0 Å². The van der Waals surface area contributed by atoms with Crippen molar-refractivity contribution >= 4 is 39.5 Å². The predicted octanol–water partition coefficient (Wildman–Crippen LogP) is 2.03. The number of urea groups is 1. The summed E-state index contributed by atoms with van der Waals surface area (Å²) in [6, 6.07) is 7.25. The summed E-state index contributed by atoms with van der Waals surface area (Å²) in [5, 5.41) is 3.32. The Kier molecular flexibility index (Phi) is 8.00. The Balaban J connectivity index is 1.64. The molecule has 2 aromatic rings. The fourth-order valence-corrected chi connectivity index (χ4v) is 3.41. The molecule has 0 aliphatic heterocycles. The van der Waals surface area contributed by atoms with E-state index in [1.54, 1.807) is 7.05 Å². The minimum atomic E-state index is -0.553. The third-order valence-electron chi connectivity index (χ3n) is 3.85. The van der Waals surface area contributed by atoms with Crippen LogP contribution in [0.1, 0.15) is 30.7 Å². The van der Waals surface area contributed by atoms with Crippen LogP contribution in [-0.2, 0) is 20.9 Å². The lowest BCUT2D eigenvalue weighted by Crippen LogP contribution is -2.30. The van der Waals surface area contributed by atoms with Crippen molar-refractivity contribution in [2.45, 2.75) is 32.2 Å². The number of fused-ring (bicyclic) bond motifs is 1. The first kappa shape index (κ1) is 20.6. The lowest BCUT2D eigenvalue weighted by molar-refractivity contribution is -0.151. The van der Waals surface area contributed by atoms with E-state index in [-0.39, 0.29) is 18.9 Å². The van der Waals surface area contributed by atoms with E-state index >= 15 is 0 Å². The monoisotopic (exact) mass is 392 g/mol. The second-order valence-electron chi connectivity index (χ2n) is 6.09. The molecule has 0 unspecified atom stereocenters. The first-order chi connectivity index (χ1) is 13.0. The summed E-state index contributed by atoms with van der Waals surface area (Å²) in [4.78, 5) is 40.3. The number of hydrogen-bond donors (Lipinski definition) is 2. The average Bonchev–Trinajstić information content (AvgIpc) is 3.04. The average molecular weight is 392 g/mol. The Morgan fingerprint density at radius 2 is 2.00 bits per heavy atom. The van der Waals surface area contributed by atoms with Gasteiger partial charge in [-0.25, -0.2) is 9.78 Å². The molecule has 0 fully saturated rings. The molecule has 146 valence electrons. The SMILES string of the molecule is CN(Cc1nc2ccccc2s1)C(=O)COC(=O)CCCCCNC(N)=O. The number of amides is 3. The summed E-state index contributed by atoms with van der Waals surface area (Å²) in [5.41, 5.74) is 5.87. The van der Waals surface area contributed by atoms with Gasteiger partial charge in [-0.15, -0.1) is 11.3 Å². The molecule has 8 nitrogen and oxygen atoms in total. The van der Waals surface area contributed by atoms with Crippen molar-refractivity contribution < 1.29 is 19.1 Å². The quantitative estimate of drug-likeness (QED) is 0.474. The Labute approximate surface area is 161 Å². The summed E-state index contributed by atoms with van der Waals surface area (Å²) < 4.78 is 6.10. The van der Waals surface area contributed by atoms with E-state index in [2.05, 4.69) is 10.3 Å². The van der Waals surface area contributed by atoms with Crippen LogP contribution in [0.3, 0.4) is 0 Å². The van der Waals surface area contributed by atoms with Gasteiger partial charge in [-0.2, -0.15) is 0 Å². The first-order valence-corrected chi connectivity index (χ1v) is 9.54. The summed E-state index contributed by atoms with van der Waals surface area (Å²) in [6.45, 7) is 0.589. The number of nitrogens with one attached hydrogen (secondary N) is 1. The van der Waals surface area contributed by atoms with Crippen molar-refractivity contribution in [3.63, 3.8) is 0 Å². The lowest BCUT2D eigenvalue weighted by Gasteiger charge is -2.15. The van der Waals surface area contributed by atoms with Crippen molar-refractivity contribution in [1.82, 2.24) is 15.2 Å². The van der Waals surface area contributed by atoms with Crippen LogP contribution in [0.15, 0.2) is 24.3 Å². The third kappa shape index (κ3) is 7.22. The topological polar surface area (TPSA) is 115 Å². The van der Waals surface area contributed by atoms with Crippen LogP contribution in [0.25, 0.3) is 10.2 Å². The van der Waals surface area contributed by atoms with Crippen LogP contribution >= 0.6 is 11.3 Å². The molecule has 9 heteroatoms. The van der Waals surface area contributed by atoms with Gasteiger partial charge in [-0.1, -0.05) is 18.6 Å². The maximum atomic E-state index is 12.1. The molecule has 1 heterocycles. The zero-order valence-electron chi connectivity index (χ0n) is 15.3. The maximum absolute atomic E-state index is 12.1. The van der Waals surface area contributed by atoms with Crippen molar-refractivity contribution in [3.8, 4) is 0 Å². The maximum Gasteiger partial charge on any atom is 0.312 e. The fraction of sp³-hybridized carbons (Fsp3) is 0.444. The standard InChI is InChI=1S/C18H24N4O4S/c1-22(11-15-21-13-7-4-5-8-14(13)27-15)16(23)12-26-17(24)9-3-2-6-10-20-18(19)25/h4-5,7-8H,2-3,6,9-12H2,1H3,(H3,19,20,25). The first-order valence-electron chi connectivity index (χ1n) is 8.73. The molecular formula is C18H24N4O4S. The van der Waals surface area contributed by atoms with E-state index in [1.165, 1.54) is 16.2 Å². The lowest BCUT2D eigenvalue weighted by atomic mass is 10.2. The number of rotatable bonds is 10. The van der Waals surface area contributed by atoms with Gasteiger partial charge in [0.15, 0.2) is 6.61 Å².